The van der Waals surface area contributed by atoms with Crippen molar-refractivity contribution >= 4 is 69.9 Å². The second kappa shape index (κ2) is 9.36. The molecule has 0 aliphatic heterocycles. The number of carbonyl (C=O) groups excluding carboxylic acids is 1. The van der Waals surface area contributed by atoms with Crippen LogP contribution in [0, 0.1) is 0 Å². The summed E-state index contributed by atoms with van der Waals surface area (Å²) in [5, 5.41) is 9.64. The second-order valence-electron chi connectivity index (χ2n) is 7.56. The lowest BCUT2D eigenvalue weighted by Crippen LogP contribution is -2.50. The normalized spacial score (nSPS) is 16.7. The molecule has 0 saturated heterocycles. The topological polar surface area (TPSA) is 63.6 Å². The summed E-state index contributed by atoms with van der Waals surface area (Å²) in [7, 11) is 0. The van der Waals surface area contributed by atoms with Crippen LogP contribution in [0.4, 0.5) is 0 Å². The van der Waals surface area contributed by atoms with Crippen molar-refractivity contribution in [2.45, 2.75) is 24.2 Å². The van der Waals surface area contributed by atoms with Gasteiger partial charge in [0.2, 0.25) is 0 Å². The van der Waals surface area contributed by atoms with Gasteiger partial charge < -0.3 is 9.84 Å². The Bertz CT molecular complexity index is 1230. The minimum Gasteiger partial charge on any atom is -0.480 e. The summed E-state index contributed by atoms with van der Waals surface area (Å²) in [5.41, 5.74) is -0.0720. The van der Waals surface area contributed by atoms with Gasteiger partial charge in [0.1, 0.15) is 10.0 Å². The molecule has 0 amide bonds. The van der Waals surface area contributed by atoms with Gasteiger partial charge in [-0.2, -0.15) is 0 Å². The van der Waals surface area contributed by atoms with Gasteiger partial charge in [-0.3, -0.25) is 9.59 Å². The summed E-state index contributed by atoms with van der Waals surface area (Å²) in [6, 6.07) is 15.7. The van der Waals surface area contributed by atoms with Crippen LogP contribution in [0.3, 0.4) is 0 Å². The summed E-state index contributed by atoms with van der Waals surface area (Å²) in [5.74, 6) is -3.48. The Labute approximate surface area is 214 Å². The summed E-state index contributed by atoms with van der Waals surface area (Å²) >= 11 is 30.8. The highest BCUT2D eigenvalue weighted by Gasteiger charge is 2.57. The maximum Gasteiger partial charge on any atom is 0.334 e. The Hall–Kier alpha value is -1.95. The van der Waals surface area contributed by atoms with Crippen molar-refractivity contribution in [3.05, 3.63) is 96.4 Å². The smallest absolute Gasteiger partial charge is 0.334 e. The Balaban J connectivity index is 1.92. The van der Waals surface area contributed by atoms with Crippen LogP contribution in [-0.4, -0.2) is 17.0 Å². The van der Waals surface area contributed by atoms with E-state index < -0.39 is 23.3 Å². The average molecular weight is 545 g/mol. The van der Waals surface area contributed by atoms with E-state index in [4.69, 9.17) is 62.7 Å². The monoisotopic (exact) mass is 542 g/mol. The molecule has 4 rings (SSSR count). The van der Waals surface area contributed by atoms with Gasteiger partial charge in [-0.25, -0.2) is 0 Å². The van der Waals surface area contributed by atoms with Gasteiger partial charge in [0, 0.05) is 5.92 Å². The molecule has 170 valence electrons. The zero-order valence-electron chi connectivity index (χ0n) is 16.7. The van der Waals surface area contributed by atoms with Crippen LogP contribution < -0.4 is 4.74 Å². The first-order valence-electron chi connectivity index (χ1n) is 9.81. The standard InChI is InChI=1S/C24H15Cl5O4/c25-16-17(26)19(28)21(20(29)18(16)27)33-23(32)24(22(30)31,13-7-2-1-3-8-13)15-11-10-12-6-4-5-9-14(12)15/h1-9,15H,10-11H2,(H,30,31). The number of aryl methyl sites for hydroxylation is 1. The zero-order valence-corrected chi connectivity index (χ0v) is 20.5. The molecule has 2 unspecified atom stereocenters. The van der Waals surface area contributed by atoms with Gasteiger partial charge in [0.25, 0.3) is 0 Å². The number of rotatable bonds is 5. The van der Waals surface area contributed by atoms with E-state index in [0.29, 0.717) is 12.8 Å². The van der Waals surface area contributed by atoms with Gasteiger partial charge in [0.05, 0.1) is 15.1 Å². The number of carboxylic acid groups (broad SMARTS) is 1. The number of esters is 1. The molecule has 0 saturated carbocycles. The number of halogens is 5. The first-order valence-corrected chi connectivity index (χ1v) is 11.7. The van der Waals surface area contributed by atoms with E-state index in [1.54, 1.807) is 30.3 Å². The Morgan fingerprint density at radius 1 is 0.818 bits per heavy atom. The molecule has 0 radical (unpaired) electrons. The molecule has 0 heterocycles. The Kier molecular flexibility index (Phi) is 6.86. The molecule has 4 nitrogen and oxygen atoms in total. The van der Waals surface area contributed by atoms with E-state index in [0.717, 1.165) is 11.1 Å². The summed E-state index contributed by atoms with van der Waals surface area (Å²) in [6.45, 7) is 0. The predicted octanol–water partition coefficient (Wildman–Crippen LogP) is 7.61. The molecular formula is C24H15Cl5O4. The van der Waals surface area contributed by atoms with E-state index in [1.807, 2.05) is 24.3 Å². The molecule has 1 aliphatic rings. The highest BCUT2D eigenvalue weighted by atomic mass is 35.5. The fraction of sp³-hybridized carbons (Fsp3) is 0.167. The predicted molar refractivity (Wildman–Crippen MR) is 130 cm³/mol. The van der Waals surface area contributed by atoms with Gasteiger partial charge >= 0.3 is 11.9 Å². The van der Waals surface area contributed by atoms with Crippen molar-refractivity contribution in [1.82, 2.24) is 0 Å². The van der Waals surface area contributed by atoms with Crippen LogP contribution in [0.25, 0.3) is 0 Å². The van der Waals surface area contributed by atoms with Gasteiger partial charge in [-0.05, 0) is 29.5 Å². The van der Waals surface area contributed by atoms with E-state index >= 15 is 0 Å². The van der Waals surface area contributed by atoms with Crippen LogP contribution in [-0.2, 0) is 21.4 Å². The fourth-order valence-electron chi connectivity index (χ4n) is 4.38. The SMILES string of the molecule is O=C(O)C(C(=O)Oc1c(Cl)c(Cl)c(Cl)c(Cl)c1Cl)(c1ccccc1)C1CCc2ccccc21. The van der Waals surface area contributed by atoms with Gasteiger partial charge in [-0.15, -0.1) is 0 Å². The van der Waals surface area contributed by atoms with Crippen molar-refractivity contribution in [3.8, 4) is 5.75 Å². The summed E-state index contributed by atoms with van der Waals surface area (Å²) in [6.07, 6.45) is 1.05. The maximum absolute atomic E-state index is 13.8. The van der Waals surface area contributed by atoms with Gasteiger partial charge in [-0.1, -0.05) is 113 Å². The Morgan fingerprint density at radius 2 is 1.36 bits per heavy atom. The lowest BCUT2D eigenvalue weighted by atomic mass is 9.67. The highest BCUT2D eigenvalue weighted by Crippen LogP contribution is 2.51. The minimum atomic E-state index is -2.08. The molecule has 0 spiro atoms. The molecule has 9 heteroatoms. The van der Waals surface area contributed by atoms with Crippen LogP contribution in [0.15, 0.2) is 54.6 Å². The molecule has 2 atom stereocenters. The van der Waals surface area contributed by atoms with Crippen molar-refractivity contribution in [2.24, 2.45) is 0 Å². The molecule has 1 N–H and O–H groups in total. The van der Waals surface area contributed by atoms with Crippen molar-refractivity contribution < 1.29 is 19.4 Å². The van der Waals surface area contributed by atoms with E-state index in [1.165, 1.54) is 0 Å². The summed E-state index contributed by atoms with van der Waals surface area (Å²) in [4.78, 5) is 26.8. The lowest BCUT2D eigenvalue weighted by molar-refractivity contribution is -0.157. The number of carbonyl (C=O) groups is 2. The molecule has 0 bridgehead atoms. The molecular weight excluding hydrogens is 530 g/mol. The fourth-order valence-corrected chi connectivity index (χ4v) is 5.57. The number of aliphatic carboxylic acids is 1. The first-order chi connectivity index (χ1) is 15.7. The minimum absolute atomic E-state index is 0.106. The second-order valence-corrected chi connectivity index (χ2v) is 9.45. The van der Waals surface area contributed by atoms with Crippen LogP contribution in [0.2, 0.25) is 25.1 Å². The molecule has 0 aromatic heterocycles. The number of fused-ring (bicyclic) bond motifs is 1. The van der Waals surface area contributed by atoms with Gasteiger partial charge in [0.15, 0.2) is 11.2 Å². The number of hydrogen-bond donors (Lipinski definition) is 1. The van der Waals surface area contributed by atoms with E-state index in [9.17, 15) is 14.7 Å². The van der Waals surface area contributed by atoms with Crippen molar-refractivity contribution in [1.29, 1.82) is 0 Å². The largest absolute Gasteiger partial charge is 0.480 e. The Morgan fingerprint density at radius 3 is 1.97 bits per heavy atom. The summed E-state index contributed by atoms with van der Waals surface area (Å²) < 4.78 is 5.59. The number of carboxylic acids is 1. The van der Waals surface area contributed by atoms with Crippen LogP contribution in [0.1, 0.15) is 29.0 Å². The van der Waals surface area contributed by atoms with Crippen LogP contribution in [0.5, 0.6) is 5.75 Å². The highest BCUT2D eigenvalue weighted by molar-refractivity contribution is 6.55. The molecule has 1 aliphatic carbocycles. The number of ether oxygens (including phenoxy) is 1. The lowest BCUT2D eigenvalue weighted by Gasteiger charge is -2.34. The third kappa shape index (κ3) is 3.88. The van der Waals surface area contributed by atoms with Crippen molar-refractivity contribution in [3.63, 3.8) is 0 Å². The third-order valence-electron chi connectivity index (χ3n) is 5.91. The quantitative estimate of drug-likeness (QED) is 0.118. The van der Waals surface area contributed by atoms with Crippen molar-refractivity contribution in [2.75, 3.05) is 0 Å². The van der Waals surface area contributed by atoms with E-state index in [2.05, 4.69) is 0 Å². The molecule has 33 heavy (non-hydrogen) atoms. The molecule has 0 fully saturated rings. The molecule has 3 aromatic carbocycles. The number of benzene rings is 3. The first kappa shape index (κ1) is 24.2. The third-order valence-corrected chi connectivity index (χ3v) is 8.15. The average Bonchev–Trinajstić information content (AvgIpc) is 3.25. The van der Waals surface area contributed by atoms with E-state index in [-0.39, 0.29) is 36.4 Å². The number of hydrogen-bond acceptors (Lipinski definition) is 3. The zero-order chi connectivity index (χ0) is 23.9. The molecule has 3 aromatic rings. The maximum atomic E-state index is 13.8. The van der Waals surface area contributed by atoms with Crippen LogP contribution >= 0.6 is 58.0 Å².